The summed E-state index contributed by atoms with van der Waals surface area (Å²) in [4.78, 5) is 12.1. The minimum absolute atomic E-state index is 0.119. The summed E-state index contributed by atoms with van der Waals surface area (Å²) in [6.07, 6.45) is 10.6. The van der Waals surface area contributed by atoms with E-state index in [1.54, 1.807) is 0 Å². The van der Waals surface area contributed by atoms with Gasteiger partial charge in [-0.3, -0.25) is 4.79 Å². The van der Waals surface area contributed by atoms with Crippen molar-refractivity contribution in [3.8, 4) is 0 Å². The van der Waals surface area contributed by atoms with Gasteiger partial charge in [-0.2, -0.15) is 0 Å². The largest absolute Gasteiger partial charge is 0.396 e. The normalized spacial score (nSPS) is 20.0. The number of rotatable bonds is 15. The highest BCUT2D eigenvalue weighted by atomic mass is 19.1. The Hall–Kier alpha value is -1.73. The highest BCUT2D eigenvalue weighted by Gasteiger charge is 2.30. The zero-order valence-corrected chi connectivity index (χ0v) is 17.3. The van der Waals surface area contributed by atoms with Gasteiger partial charge in [0.05, 0.1) is 5.70 Å². The molecule has 166 valence electrons. The van der Waals surface area contributed by atoms with Crippen molar-refractivity contribution in [1.29, 1.82) is 0 Å². The third-order valence-corrected chi connectivity index (χ3v) is 5.07. The van der Waals surface area contributed by atoms with Crippen molar-refractivity contribution >= 4 is 5.91 Å². The van der Waals surface area contributed by atoms with Crippen LogP contribution in [0, 0.1) is 0 Å². The number of allylic oxidation sites excluding steroid dienone is 3. The summed E-state index contributed by atoms with van der Waals surface area (Å²) in [6, 6.07) is -0.456. The number of unbranched alkanes of at least 4 members (excludes halogenated alkanes) is 6. The Bertz CT molecular complexity index is 516. The quantitative estimate of drug-likeness (QED) is 0.186. The maximum Gasteiger partial charge on any atom is 0.279 e. The van der Waals surface area contributed by atoms with Crippen LogP contribution in [0.3, 0.4) is 0 Å². The summed E-state index contributed by atoms with van der Waals surface area (Å²) in [5.74, 6) is -1.95. The van der Waals surface area contributed by atoms with Gasteiger partial charge in [0.15, 0.2) is 5.83 Å². The average Bonchev–Trinajstić information content (AvgIpc) is 3.13. The van der Waals surface area contributed by atoms with E-state index in [4.69, 9.17) is 10.2 Å². The van der Waals surface area contributed by atoms with Gasteiger partial charge in [0, 0.05) is 25.3 Å². The maximum atomic E-state index is 14.2. The van der Waals surface area contributed by atoms with Gasteiger partial charge in [0.25, 0.3) is 5.91 Å². The summed E-state index contributed by atoms with van der Waals surface area (Å²) in [6.45, 7) is 4.00. The monoisotopic (exact) mass is 414 g/mol. The van der Waals surface area contributed by atoms with Gasteiger partial charge in [0.2, 0.25) is 0 Å². The molecule has 0 saturated heterocycles. The second-order valence-corrected chi connectivity index (χ2v) is 7.49. The molecular weight excluding hydrogens is 378 g/mol. The number of aliphatic hydroxyl groups excluding tert-OH is 2. The molecule has 1 rings (SSSR count). The van der Waals surface area contributed by atoms with Crippen molar-refractivity contribution in [3.63, 3.8) is 0 Å². The van der Waals surface area contributed by atoms with Crippen LogP contribution in [0.2, 0.25) is 0 Å². The zero-order valence-electron chi connectivity index (χ0n) is 17.3. The molecule has 1 fully saturated rings. The van der Waals surface area contributed by atoms with E-state index in [2.05, 4.69) is 17.2 Å². The highest BCUT2D eigenvalue weighted by molar-refractivity contribution is 5.91. The van der Waals surface area contributed by atoms with Gasteiger partial charge in [-0.15, -0.1) is 0 Å². The molecule has 0 heterocycles. The van der Waals surface area contributed by atoms with Crippen molar-refractivity contribution in [2.75, 3.05) is 13.2 Å². The molecule has 1 amide bonds. The number of amides is 1. The lowest BCUT2D eigenvalue weighted by Gasteiger charge is -2.23. The second-order valence-electron chi connectivity index (χ2n) is 7.49. The number of halogens is 2. The van der Waals surface area contributed by atoms with Crippen LogP contribution in [0.15, 0.2) is 36.1 Å². The van der Waals surface area contributed by atoms with E-state index in [-0.39, 0.29) is 31.0 Å². The predicted octanol–water partition coefficient (Wildman–Crippen LogP) is 3.94. The lowest BCUT2D eigenvalue weighted by Crippen LogP contribution is -2.46. The van der Waals surface area contributed by atoms with Crippen molar-refractivity contribution in [2.45, 2.75) is 82.7 Å². The molecular formula is C22H36F2N2O3. The molecule has 1 aliphatic carbocycles. The first-order valence-corrected chi connectivity index (χ1v) is 10.7. The molecule has 29 heavy (non-hydrogen) atoms. The maximum absolute atomic E-state index is 14.2. The number of carbonyl (C=O) groups excluding carboxylic acids is 1. The third-order valence-electron chi connectivity index (χ3n) is 5.07. The van der Waals surface area contributed by atoms with E-state index < -0.39 is 17.6 Å². The van der Waals surface area contributed by atoms with Gasteiger partial charge < -0.3 is 20.8 Å². The van der Waals surface area contributed by atoms with Crippen LogP contribution < -0.4 is 10.6 Å². The van der Waals surface area contributed by atoms with Crippen molar-refractivity contribution in [1.82, 2.24) is 10.6 Å². The van der Waals surface area contributed by atoms with Crippen LogP contribution in [0.4, 0.5) is 8.78 Å². The summed E-state index contributed by atoms with van der Waals surface area (Å²) in [5.41, 5.74) is 0.179. The average molecular weight is 415 g/mol. The first-order chi connectivity index (χ1) is 14.0. The van der Waals surface area contributed by atoms with Gasteiger partial charge in [-0.25, -0.2) is 8.78 Å². The standard InChI is InChI=1S/C22H36F2N2O3/c1-17(18(23)11-6-2-4-8-15-27)25-20-13-10-14-21(20)26-22(29)19(24)12-7-3-5-9-16-28/h11-12,20-21,25,27-28H,1-10,13-16H2,(H,26,29)/b18-11-,19-12-/t20-,21+/m1/s1. The molecule has 0 aromatic rings. The van der Waals surface area contributed by atoms with Crippen LogP contribution in [-0.2, 0) is 4.79 Å². The molecule has 0 spiro atoms. The van der Waals surface area contributed by atoms with E-state index >= 15 is 0 Å². The predicted molar refractivity (Wildman–Crippen MR) is 111 cm³/mol. The number of hydrogen-bond donors (Lipinski definition) is 4. The molecule has 4 N–H and O–H groups in total. The van der Waals surface area contributed by atoms with E-state index in [0.717, 1.165) is 38.5 Å². The molecule has 5 nitrogen and oxygen atoms in total. The Labute approximate surface area is 173 Å². The summed E-state index contributed by atoms with van der Waals surface area (Å²) in [5, 5.41) is 23.2. The molecule has 0 bridgehead atoms. The Morgan fingerprint density at radius 2 is 1.38 bits per heavy atom. The van der Waals surface area contributed by atoms with Crippen molar-refractivity contribution in [3.05, 3.63) is 36.1 Å². The molecule has 0 aromatic carbocycles. The van der Waals surface area contributed by atoms with E-state index in [1.165, 1.54) is 12.2 Å². The van der Waals surface area contributed by atoms with Crippen LogP contribution in [0.25, 0.3) is 0 Å². The lowest BCUT2D eigenvalue weighted by molar-refractivity contribution is -0.119. The first kappa shape index (κ1) is 25.3. The smallest absolute Gasteiger partial charge is 0.279 e. The minimum atomic E-state index is -0.799. The molecule has 0 radical (unpaired) electrons. The number of nitrogens with one attached hydrogen (secondary N) is 2. The summed E-state index contributed by atoms with van der Waals surface area (Å²) < 4.78 is 28.2. The number of aliphatic hydroxyl groups is 2. The van der Waals surface area contributed by atoms with Gasteiger partial charge in [-0.1, -0.05) is 19.4 Å². The fraction of sp³-hybridized carbons (Fsp3) is 0.682. The van der Waals surface area contributed by atoms with Gasteiger partial charge >= 0.3 is 0 Å². The van der Waals surface area contributed by atoms with Gasteiger partial charge in [0.1, 0.15) is 5.83 Å². The van der Waals surface area contributed by atoms with Gasteiger partial charge in [-0.05, 0) is 69.9 Å². The Kier molecular flexibility index (Phi) is 13.2. The second kappa shape index (κ2) is 15.2. The number of hydrogen-bond acceptors (Lipinski definition) is 4. The number of carbonyl (C=O) groups is 1. The van der Waals surface area contributed by atoms with E-state index in [0.29, 0.717) is 32.1 Å². The molecule has 0 aliphatic heterocycles. The summed E-state index contributed by atoms with van der Waals surface area (Å²) in [7, 11) is 0. The Morgan fingerprint density at radius 3 is 1.93 bits per heavy atom. The van der Waals surface area contributed by atoms with Crippen molar-refractivity contribution < 1.29 is 23.8 Å². The first-order valence-electron chi connectivity index (χ1n) is 10.7. The molecule has 2 atom stereocenters. The third kappa shape index (κ3) is 10.6. The topological polar surface area (TPSA) is 81.6 Å². The highest BCUT2D eigenvalue weighted by Crippen LogP contribution is 2.22. The lowest BCUT2D eigenvalue weighted by atomic mass is 10.1. The summed E-state index contributed by atoms with van der Waals surface area (Å²) >= 11 is 0. The fourth-order valence-corrected chi connectivity index (χ4v) is 3.37. The SMILES string of the molecule is C=C(N[C@@H]1CCC[C@@H]1NC(=O)/C(F)=C/CCCCCO)/C(F)=C/CCCCCO. The van der Waals surface area contributed by atoms with E-state index in [9.17, 15) is 13.6 Å². The van der Waals surface area contributed by atoms with E-state index in [1.807, 2.05) is 0 Å². The Morgan fingerprint density at radius 1 is 0.862 bits per heavy atom. The zero-order chi connectivity index (χ0) is 21.5. The minimum Gasteiger partial charge on any atom is -0.396 e. The van der Waals surface area contributed by atoms with Crippen LogP contribution in [0.5, 0.6) is 0 Å². The van der Waals surface area contributed by atoms with Crippen LogP contribution in [-0.4, -0.2) is 41.4 Å². The molecule has 0 aromatic heterocycles. The molecule has 1 aliphatic rings. The van der Waals surface area contributed by atoms with Crippen LogP contribution in [0.1, 0.15) is 70.6 Å². The molecule has 0 unspecified atom stereocenters. The molecule has 7 heteroatoms. The molecule has 1 saturated carbocycles. The van der Waals surface area contributed by atoms with Crippen LogP contribution >= 0.6 is 0 Å². The Balaban J connectivity index is 2.43. The fourth-order valence-electron chi connectivity index (χ4n) is 3.37. The van der Waals surface area contributed by atoms with Crippen molar-refractivity contribution in [2.24, 2.45) is 0 Å².